The van der Waals surface area contributed by atoms with Gasteiger partial charge in [0.05, 0.1) is 0 Å². The van der Waals surface area contributed by atoms with Crippen molar-refractivity contribution in [1.29, 1.82) is 0 Å². The molecule has 0 aliphatic heterocycles. The summed E-state index contributed by atoms with van der Waals surface area (Å²) in [4.78, 5) is 12.9. The summed E-state index contributed by atoms with van der Waals surface area (Å²) in [5, 5.41) is 11.1. The molecule has 0 bridgehead atoms. The van der Waals surface area contributed by atoms with Gasteiger partial charge in [0, 0.05) is 0 Å². The Morgan fingerprint density at radius 1 is 1.39 bits per heavy atom. The Bertz CT molecular complexity index is 597. The SMILES string of the molecule is CCN(CC)c1cc(I)c([N+](=O)[O-])c2n[se]nc12. The molecule has 1 aromatic heterocycles. The number of nitrogens with zero attached hydrogens (tertiary/aromatic N) is 4. The quantitative estimate of drug-likeness (QED) is 0.325. The van der Waals surface area contributed by atoms with Crippen molar-refractivity contribution in [3.8, 4) is 0 Å². The zero-order valence-corrected chi connectivity index (χ0v) is 13.8. The number of rotatable bonds is 4. The third-order valence-corrected chi connectivity index (χ3v) is 4.66. The van der Waals surface area contributed by atoms with E-state index in [2.05, 4.69) is 26.7 Å². The van der Waals surface area contributed by atoms with Crippen LogP contribution < -0.4 is 4.90 Å². The summed E-state index contributed by atoms with van der Waals surface area (Å²) in [6.45, 7) is 5.81. The first-order valence-corrected chi connectivity index (χ1v) is 8.05. The standard InChI is InChI=1S/C10H11IN4O2Se/c1-3-14(4-2)7-5-6(11)10(15(16)17)9-8(7)12-18-13-9/h5H,3-4H2,1-2H3. The van der Waals surface area contributed by atoms with Gasteiger partial charge in [-0.3, -0.25) is 0 Å². The van der Waals surface area contributed by atoms with E-state index in [0.717, 1.165) is 18.8 Å². The van der Waals surface area contributed by atoms with Crippen LogP contribution in [0.1, 0.15) is 13.8 Å². The minimum atomic E-state index is -0.368. The van der Waals surface area contributed by atoms with Crippen LogP contribution in [0.15, 0.2) is 6.07 Å². The first-order valence-electron chi connectivity index (χ1n) is 5.44. The van der Waals surface area contributed by atoms with E-state index in [0.29, 0.717) is 14.6 Å². The number of nitro benzene ring substituents is 1. The average Bonchev–Trinajstić information content (AvgIpc) is 2.78. The van der Waals surface area contributed by atoms with Gasteiger partial charge in [-0.25, -0.2) is 0 Å². The number of aromatic nitrogens is 2. The molecule has 18 heavy (non-hydrogen) atoms. The van der Waals surface area contributed by atoms with Crippen molar-refractivity contribution in [1.82, 2.24) is 7.96 Å². The summed E-state index contributed by atoms with van der Waals surface area (Å²) >= 11 is 1.73. The van der Waals surface area contributed by atoms with Crippen LogP contribution in [0.4, 0.5) is 11.4 Å². The van der Waals surface area contributed by atoms with Gasteiger partial charge < -0.3 is 0 Å². The molecular weight excluding hydrogens is 414 g/mol. The minimum absolute atomic E-state index is 0.0876. The van der Waals surface area contributed by atoms with Gasteiger partial charge in [-0.2, -0.15) is 0 Å². The van der Waals surface area contributed by atoms with Gasteiger partial charge in [-0.1, -0.05) is 0 Å². The molecule has 0 aliphatic carbocycles. The Morgan fingerprint density at radius 2 is 2.00 bits per heavy atom. The zero-order valence-electron chi connectivity index (χ0n) is 9.88. The third kappa shape index (κ3) is 2.24. The molecule has 6 nitrogen and oxygen atoms in total. The van der Waals surface area contributed by atoms with E-state index in [9.17, 15) is 10.1 Å². The molecule has 2 aromatic rings. The van der Waals surface area contributed by atoms with Crippen molar-refractivity contribution in [2.24, 2.45) is 0 Å². The number of anilines is 1. The Hall–Kier alpha value is -0.731. The van der Waals surface area contributed by atoms with Crippen LogP contribution in [0.25, 0.3) is 11.0 Å². The number of hydrogen-bond acceptors (Lipinski definition) is 5. The summed E-state index contributed by atoms with van der Waals surface area (Å²) in [5.74, 6) is 0. The van der Waals surface area contributed by atoms with E-state index in [1.165, 1.54) is 0 Å². The molecule has 0 saturated heterocycles. The molecule has 0 radical (unpaired) electrons. The van der Waals surface area contributed by atoms with Gasteiger partial charge in [0.15, 0.2) is 0 Å². The van der Waals surface area contributed by atoms with Gasteiger partial charge >= 0.3 is 124 Å². The van der Waals surface area contributed by atoms with Crippen molar-refractivity contribution in [2.45, 2.75) is 13.8 Å². The van der Waals surface area contributed by atoms with Gasteiger partial charge in [0.2, 0.25) is 0 Å². The average molecular weight is 425 g/mol. The molecule has 96 valence electrons. The summed E-state index contributed by atoms with van der Waals surface area (Å²) in [5.41, 5.74) is 2.18. The first kappa shape index (κ1) is 13.7. The second kappa shape index (κ2) is 5.50. The van der Waals surface area contributed by atoms with Crippen molar-refractivity contribution >= 4 is 60.0 Å². The summed E-state index contributed by atoms with van der Waals surface area (Å²) in [6, 6.07) is 1.84. The molecule has 0 amide bonds. The molecule has 2 rings (SSSR count). The number of nitro groups is 1. The molecule has 0 unspecified atom stereocenters. The second-order valence-electron chi connectivity index (χ2n) is 3.62. The van der Waals surface area contributed by atoms with Crippen molar-refractivity contribution < 1.29 is 4.92 Å². The maximum atomic E-state index is 11.1. The fraction of sp³-hybridized carbons (Fsp3) is 0.400. The molecule has 1 heterocycles. The molecule has 1 aromatic carbocycles. The van der Waals surface area contributed by atoms with Crippen molar-refractivity contribution in [2.75, 3.05) is 18.0 Å². The van der Waals surface area contributed by atoms with Gasteiger partial charge in [0.25, 0.3) is 0 Å². The van der Waals surface area contributed by atoms with Gasteiger partial charge in [0.1, 0.15) is 0 Å². The Kier molecular flexibility index (Phi) is 4.18. The summed E-state index contributed by atoms with van der Waals surface area (Å²) < 4.78 is 9.18. The normalized spacial score (nSPS) is 10.8. The number of benzene rings is 1. The number of halogens is 1. The molecule has 0 aliphatic rings. The second-order valence-corrected chi connectivity index (χ2v) is 5.89. The van der Waals surface area contributed by atoms with E-state index in [1.54, 1.807) is 0 Å². The van der Waals surface area contributed by atoms with E-state index in [4.69, 9.17) is 0 Å². The molecule has 8 heteroatoms. The molecule has 0 spiro atoms. The van der Waals surface area contributed by atoms with E-state index in [1.807, 2.05) is 28.7 Å². The van der Waals surface area contributed by atoms with Crippen LogP contribution in [-0.4, -0.2) is 40.9 Å². The van der Waals surface area contributed by atoms with Crippen LogP contribution in [0.2, 0.25) is 0 Å². The fourth-order valence-electron chi connectivity index (χ4n) is 1.86. The first-order chi connectivity index (χ1) is 8.60. The van der Waals surface area contributed by atoms with E-state index < -0.39 is 0 Å². The fourth-order valence-corrected chi connectivity index (χ4v) is 3.78. The molecular formula is C10H11IN4O2Se. The Balaban J connectivity index is 2.75. The monoisotopic (exact) mass is 426 g/mol. The van der Waals surface area contributed by atoms with Gasteiger partial charge in [-0.05, 0) is 0 Å². The number of fused-ring (bicyclic) bond motifs is 1. The molecule has 0 N–H and O–H groups in total. The maximum absolute atomic E-state index is 11.1. The van der Waals surface area contributed by atoms with Crippen molar-refractivity contribution in [3.63, 3.8) is 0 Å². The molecule has 0 saturated carbocycles. The van der Waals surface area contributed by atoms with Crippen LogP contribution in [0, 0.1) is 13.7 Å². The third-order valence-electron chi connectivity index (χ3n) is 2.73. The predicted octanol–water partition coefficient (Wildman–Crippen LogP) is 2.05. The predicted molar refractivity (Wildman–Crippen MR) is 79.4 cm³/mol. The van der Waals surface area contributed by atoms with E-state index in [-0.39, 0.29) is 25.6 Å². The van der Waals surface area contributed by atoms with Crippen LogP contribution >= 0.6 is 22.6 Å². The van der Waals surface area contributed by atoms with Crippen molar-refractivity contribution in [3.05, 3.63) is 19.8 Å². The van der Waals surface area contributed by atoms with Crippen LogP contribution in [0.5, 0.6) is 0 Å². The molecule has 0 fully saturated rings. The Morgan fingerprint density at radius 3 is 2.56 bits per heavy atom. The van der Waals surface area contributed by atoms with Crippen LogP contribution in [-0.2, 0) is 0 Å². The van der Waals surface area contributed by atoms with Crippen LogP contribution in [0.3, 0.4) is 0 Å². The summed E-state index contributed by atoms with van der Waals surface area (Å²) in [7, 11) is 0. The Labute approximate surface area is 124 Å². The topological polar surface area (TPSA) is 72.2 Å². The molecule has 0 atom stereocenters. The van der Waals surface area contributed by atoms with Gasteiger partial charge in [-0.15, -0.1) is 0 Å². The summed E-state index contributed by atoms with van der Waals surface area (Å²) in [6.07, 6.45) is 0. The number of hydrogen-bond donors (Lipinski definition) is 0. The van der Waals surface area contributed by atoms with E-state index >= 15 is 0 Å². The zero-order chi connectivity index (χ0) is 13.3.